The van der Waals surface area contributed by atoms with E-state index in [2.05, 4.69) is 17.0 Å². The van der Waals surface area contributed by atoms with E-state index in [1.165, 1.54) is 0 Å². The number of ether oxygens (including phenoxy) is 1. The number of hydrogen-bond donors (Lipinski definition) is 0. The molecule has 0 radical (unpaired) electrons. The summed E-state index contributed by atoms with van der Waals surface area (Å²) in [7, 11) is 0. The predicted molar refractivity (Wildman–Crippen MR) is 81.8 cm³/mol. The maximum Gasteiger partial charge on any atom is 0.230 e. The molecule has 0 bridgehead atoms. The summed E-state index contributed by atoms with van der Waals surface area (Å²) in [6.07, 6.45) is 4.23. The average Bonchev–Trinajstić information content (AvgIpc) is 2.49. The summed E-state index contributed by atoms with van der Waals surface area (Å²) in [4.78, 5) is 21.0. The van der Waals surface area contributed by atoms with Gasteiger partial charge in [-0.3, -0.25) is 9.69 Å². The van der Waals surface area contributed by atoms with E-state index in [1.807, 2.05) is 13.1 Å². The lowest BCUT2D eigenvalue weighted by atomic mass is 10.1. The van der Waals surface area contributed by atoms with Gasteiger partial charge in [-0.2, -0.15) is 0 Å². The molecule has 3 atom stereocenters. The van der Waals surface area contributed by atoms with E-state index < -0.39 is 0 Å². The summed E-state index contributed by atoms with van der Waals surface area (Å²) in [6.45, 7) is 7.35. The lowest BCUT2D eigenvalue weighted by Gasteiger charge is -2.42. The molecule has 116 valence electrons. The number of fused-ring (bicyclic) bond motifs is 1. The van der Waals surface area contributed by atoms with Crippen LogP contribution in [0.5, 0.6) is 0 Å². The van der Waals surface area contributed by atoms with Gasteiger partial charge in [-0.1, -0.05) is 5.16 Å². The van der Waals surface area contributed by atoms with E-state index in [-0.39, 0.29) is 12.1 Å². The molecule has 1 amide bonds. The van der Waals surface area contributed by atoms with Crippen molar-refractivity contribution in [3.8, 4) is 0 Å². The second kappa shape index (κ2) is 6.37. The topological polar surface area (TPSA) is 54.4 Å². The Labute approximate surface area is 129 Å². The molecule has 21 heavy (non-hydrogen) atoms. The lowest BCUT2D eigenvalue weighted by Crippen LogP contribution is -2.50. The Balaban J connectivity index is 1.54. The second-order valence-electron chi connectivity index (χ2n) is 5.45. The predicted octanol–water partition coefficient (Wildman–Crippen LogP) is 1.24. The van der Waals surface area contributed by atoms with Gasteiger partial charge in [0.25, 0.3) is 0 Å². The van der Waals surface area contributed by atoms with E-state index in [0.717, 1.165) is 31.9 Å². The molecule has 3 rings (SSSR count). The summed E-state index contributed by atoms with van der Waals surface area (Å²) in [6, 6.07) is 0. The van der Waals surface area contributed by atoms with Gasteiger partial charge < -0.3 is 14.5 Å². The van der Waals surface area contributed by atoms with Crippen LogP contribution < -0.4 is 0 Å². The van der Waals surface area contributed by atoms with Crippen molar-refractivity contribution in [2.75, 3.05) is 26.3 Å². The van der Waals surface area contributed by atoms with Crippen molar-refractivity contribution in [3.63, 3.8) is 0 Å². The summed E-state index contributed by atoms with van der Waals surface area (Å²) in [5, 5.41) is 4.76. The highest BCUT2D eigenvalue weighted by molar-refractivity contribution is 8.00. The first kappa shape index (κ1) is 14.9. The van der Waals surface area contributed by atoms with Gasteiger partial charge in [0.2, 0.25) is 5.91 Å². The molecular weight excluding hydrogens is 290 g/mol. The highest BCUT2D eigenvalue weighted by Gasteiger charge is 2.40. The Morgan fingerprint density at radius 1 is 1.52 bits per heavy atom. The zero-order valence-electron chi connectivity index (χ0n) is 12.4. The first-order valence-electron chi connectivity index (χ1n) is 7.34. The number of hydrogen-bond acceptors (Lipinski definition) is 6. The van der Waals surface area contributed by atoms with Crippen LogP contribution in [0.1, 0.15) is 20.3 Å². The van der Waals surface area contributed by atoms with Crippen LogP contribution in [0.2, 0.25) is 0 Å². The molecule has 0 aliphatic carbocycles. The fourth-order valence-electron chi connectivity index (χ4n) is 2.58. The van der Waals surface area contributed by atoms with Gasteiger partial charge in [0.15, 0.2) is 6.23 Å². The van der Waals surface area contributed by atoms with Crippen LogP contribution in [-0.2, 0) is 14.4 Å². The molecule has 0 aromatic carbocycles. The van der Waals surface area contributed by atoms with Gasteiger partial charge >= 0.3 is 0 Å². The van der Waals surface area contributed by atoms with Crippen LogP contribution in [-0.4, -0.2) is 65.1 Å². The number of carbonyl (C=O) groups excluding carboxylic acids is 1. The van der Waals surface area contributed by atoms with Crippen molar-refractivity contribution in [3.05, 3.63) is 11.8 Å². The molecule has 3 aliphatic heterocycles. The molecule has 0 aromatic rings. The Kier molecular flexibility index (Phi) is 4.51. The van der Waals surface area contributed by atoms with Crippen molar-refractivity contribution in [2.45, 2.75) is 37.1 Å². The van der Waals surface area contributed by atoms with Gasteiger partial charge in [-0.05, 0) is 13.8 Å². The third-order valence-corrected chi connectivity index (χ3v) is 5.43. The quantitative estimate of drug-likeness (QED) is 0.444. The van der Waals surface area contributed by atoms with Gasteiger partial charge in [0, 0.05) is 30.1 Å². The van der Waals surface area contributed by atoms with Crippen LogP contribution >= 0.6 is 11.8 Å². The van der Waals surface area contributed by atoms with Crippen molar-refractivity contribution < 1.29 is 14.4 Å². The molecule has 2 saturated heterocycles. The third-order valence-electron chi connectivity index (χ3n) is 4.04. The molecule has 2 fully saturated rings. The van der Waals surface area contributed by atoms with Gasteiger partial charge in [-0.25, -0.2) is 0 Å². The molecule has 0 N–H and O–H groups in total. The Morgan fingerprint density at radius 2 is 2.29 bits per heavy atom. The number of rotatable bonds is 4. The smallest absolute Gasteiger partial charge is 0.230 e. The Hall–Kier alpha value is -1.05. The summed E-state index contributed by atoms with van der Waals surface area (Å²) in [5.74, 6) is 0.188. The van der Waals surface area contributed by atoms with Crippen molar-refractivity contribution in [1.29, 1.82) is 0 Å². The standard InChI is InChI=1S/C14H21N3O3S/c1-10-12(9-17-13(18)7-14(17)21-10)8-15-20-11(2)16-3-5-19-6-4-16/h8-11,14H,3-7H2,1-2H3/b15-8+/t10-,11?,14-/m1/s1. The first-order chi connectivity index (χ1) is 10.1. The lowest BCUT2D eigenvalue weighted by molar-refractivity contribution is -0.137. The van der Waals surface area contributed by atoms with E-state index in [4.69, 9.17) is 9.57 Å². The molecule has 3 heterocycles. The number of carbonyl (C=O) groups is 1. The summed E-state index contributed by atoms with van der Waals surface area (Å²) >= 11 is 1.80. The third kappa shape index (κ3) is 3.25. The normalized spacial score (nSPS) is 31.6. The minimum Gasteiger partial charge on any atom is -0.379 e. The maximum atomic E-state index is 11.5. The van der Waals surface area contributed by atoms with Gasteiger partial charge in [0.05, 0.1) is 31.2 Å². The highest BCUT2D eigenvalue weighted by atomic mass is 32.2. The fourth-order valence-corrected chi connectivity index (χ4v) is 3.87. The molecule has 6 nitrogen and oxygen atoms in total. The minimum atomic E-state index is -0.0595. The average molecular weight is 311 g/mol. The summed E-state index contributed by atoms with van der Waals surface area (Å²) in [5.41, 5.74) is 1.03. The van der Waals surface area contributed by atoms with Crippen LogP contribution in [0.25, 0.3) is 0 Å². The minimum absolute atomic E-state index is 0.0595. The molecule has 0 saturated carbocycles. The Morgan fingerprint density at radius 3 is 3.00 bits per heavy atom. The largest absolute Gasteiger partial charge is 0.379 e. The maximum absolute atomic E-state index is 11.5. The van der Waals surface area contributed by atoms with Crippen LogP contribution in [0.3, 0.4) is 0 Å². The molecular formula is C14H21N3O3S. The van der Waals surface area contributed by atoms with Gasteiger partial charge in [-0.15, -0.1) is 11.8 Å². The number of amides is 1. The van der Waals surface area contributed by atoms with E-state index in [9.17, 15) is 4.79 Å². The van der Waals surface area contributed by atoms with Crippen molar-refractivity contribution >= 4 is 23.9 Å². The van der Waals surface area contributed by atoms with Crippen LogP contribution in [0.4, 0.5) is 0 Å². The number of β-lactam (4-membered cyclic amide) rings is 1. The Bertz CT molecular complexity index is 462. The molecule has 7 heteroatoms. The second-order valence-corrected chi connectivity index (χ2v) is 6.98. The van der Waals surface area contributed by atoms with Gasteiger partial charge in [0.1, 0.15) is 0 Å². The van der Waals surface area contributed by atoms with Crippen molar-refractivity contribution in [1.82, 2.24) is 9.80 Å². The fraction of sp³-hybridized carbons (Fsp3) is 0.714. The zero-order valence-corrected chi connectivity index (χ0v) is 13.2. The first-order valence-corrected chi connectivity index (χ1v) is 8.29. The number of oxime groups is 1. The number of nitrogens with zero attached hydrogens (tertiary/aromatic N) is 3. The van der Waals surface area contributed by atoms with E-state index >= 15 is 0 Å². The molecule has 1 unspecified atom stereocenters. The molecule has 0 spiro atoms. The zero-order chi connectivity index (χ0) is 14.8. The van der Waals surface area contributed by atoms with Crippen LogP contribution in [0, 0.1) is 0 Å². The molecule has 0 aromatic heterocycles. The van der Waals surface area contributed by atoms with Crippen LogP contribution in [0.15, 0.2) is 16.9 Å². The van der Waals surface area contributed by atoms with E-state index in [1.54, 1.807) is 22.9 Å². The van der Waals surface area contributed by atoms with E-state index in [0.29, 0.717) is 17.0 Å². The summed E-state index contributed by atoms with van der Waals surface area (Å²) < 4.78 is 5.32. The number of morpholine rings is 1. The number of thioether (sulfide) groups is 1. The SMILES string of the molecule is CC(O/N=C/C1=CN2C(=O)C[C@H]2S[C@@H]1C)N1CCOCC1. The van der Waals surface area contributed by atoms with Crippen molar-refractivity contribution in [2.24, 2.45) is 5.16 Å². The molecule has 3 aliphatic rings. The monoisotopic (exact) mass is 311 g/mol. The highest BCUT2D eigenvalue weighted by Crippen LogP contribution is 2.39.